The molecule has 3 aromatic rings. The molecule has 6 nitrogen and oxygen atoms in total. The number of nitrogens with one attached hydrogen (secondary N) is 1. The molecule has 0 atom stereocenters. The molecule has 0 spiro atoms. The second-order valence-corrected chi connectivity index (χ2v) is 8.10. The highest BCUT2D eigenvalue weighted by atomic mass is 79.9. The molecular weight excluding hydrogens is 458 g/mol. The minimum absolute atomic E-state index is 0.174. The number of carbonyl (C=O) groups excluding carboxylic acids is 1. The first-order valence-corrected chi connectivity index (χ1v) is 10.3. The van der Waals surface area contributed by atoms with Gasteiger partial charge in [0.1, 0.15) is 11.6 Å². The Bertz CT molecular complexity index is 1030. The van der Waals surface area contributed by atoms with Crippen molar-refractivity contribution in [2.24, 2.45) is 5.92 Å². The van der Waals surface area contributed by atoms with Gasteiger partial charge >= 0.3 is 0 Å². The zero-order valence-electron chi connectivity index (χ0n) is 15.9. The van der Waals surface area contributed by atoms with Crippen LogP contribution in [0.4, 0.5) is 14.5 Å². The van der Waals surface area contributed by atoms with Crippen molar-refractivity contribution in [3.8, 4) is 11.4 Å². The topological polar surface area (TPSA) is 71.3 Å². The van der Waals surface area contributed by atoms with Crippen LogP contribution in [0.3, 0.4) is 0 Å². The molecule has 1 fully saturated rings. The van der Waals surface area contributed by atoms with Crippen molar-refractivity contribution in [1.82, 2.24) is 15.0 Å². The molecule has 0 unspecified atom stereocenters. The summed E-state index contributed by atoms with van der Waals surface area (Å²) in [5.41, 5.74) is 0.867. The van der Waals surface area contributed by atoms with Crippen LogP contribution in [0.1, 0.15) is 18.7 Å². The highest BCUT2D eigenvalue weighted by molar-refractivity contribution is 9.10. The Kier molecular flexibility index (Phi) is 6.19. The Hall–Kier alpha value is -2.65. The normalized spacial score (nSPS) is 15.3. The molecule has 0 saturated carbocycles. The Morgan fingerprint density at radius 2 is 1.90 bits per heavy atom. The first kappa shape index (κ1) is 20.6. The molecule has 9 heteroatoms. The minimum atomic E-state index is -0.469. The fraction of sp³-hybridized carbons (Fsp3) is 0.286. The van der Waals surface area contributed by atoms with Gasteiger partial charge < -0.3 is 9.84 Å². The van der Waals surface area contributed by atoms with E-state index in [0.717, 1.165) is 0 Å². The quantitative estimate of drug-likeness (QED) is 0.581. The number of benzene rings is 2. The molecule has 1 aromatic heterocycles. The highest BCUT2D eigenvalue weighted by Crippen LogP contribution is 2.24. The van der Waals surface area contributed by atoms with Crippen molar-refractivity contribution >= 4 is 27.5 Å². The van der Waals surface area contributed by atoms with Gasteiger partial charge in [-0.15, -0.1) is 0 Å². The smallest absolute Gasteiger partial charge is 0.241 e. The molecule has 1 aliphatic heterocycles. The van der Waals surface area contributed by atoms with E-state index in [2.05, 4.69) is 36.3 Å². The molecule has 4 rings (SSSR count). The Morgan fingerprint density at radius 1 is 1.17 bits per heavy atom. The van der Waals surface area contributed by atoms with Crippen LogP contribution in [0.25, 0.3) is 11.4 Å². The van der Waals surface area contributed by atoms with Gasteiger partial charge in [-0.3, -0.25) is 9.69 Å². The van der Waals surface area contributed by atoms with E-state index in [9.17, 15) is 13.6 Å². The maximum atomic E-state index is 13.9. The van der Waals surface area contributed by atoms with Crippen molar-refractivity contribution in [2.75, 3.05) is 18.4 Å². The predicted octanol–water partition coefficient (Wildman–Crippen LogP) is 4.63. The van der Waals surface area contributed by atoms with Crippen LogP contribution in [0.15, 0.2) is 51.5 Å². The molecule has 0 bridgehead atoms. The van der Waals surface area contributed by atoms with Crippen LogP contribution in [0.5, 0.6) is 0 Å². The summed E-state index contributed by atoms with van der Waals surface area (Å²) in [5.74, 6) is -0.264. The second kappa shape index (κ2) is 9.01. The maximum Gasteiger partial charge on any atom is 0.241 e. The number of piperidine rings is 1. The lowest BCUT2D eigenvalue weighted by Gasteiger charge is -2.30. The van der Waals surface area contributed by atoms with E-state index < -0.39 is 5.82 Å². The summed E-state index contributed by atoms with van der Waals surface area (Å²) in [6.45, 7) is 1.86. The summed E-state index contributed by atoms with van der Waals surface area (Å²) in [4.78, 5) is 19.0. The van der Waals surface area contributed by atoms with Crippen LogP contribution in [-0.2, 0) is 11.3 Å². The van der Waals surface area contributed by atoms with E-state index in [0.29, 0.717) is 54.2 Å². The number of aromatic nitrogens is 2. The molecule has 2 aromatic carbocycles. The number of carbonyl (C=O) groups is 1. The molecule has 1 amide bonds. The molecule has 1 saturated heterocycles. The predicted molar refractivity (Wildman–Crippen MR) is 110 cm³/mol. The first-order chi connectivity index (χ1) is 14.5. The van der Waals surface area contributed by atoms with Crippen molar-refractivity contribution in [3.05, 3.63) is 64.5 Å². The van der Waals surface area contributed by atoms with Gasteiger partial charge in [0.2, 0.25) is 17.6 Å². The lowest BCUT2D eigenvalue weighted by molar-refractivity contribution is -0.121. The van der Waals surface area contributed by atoms with Gasteiger partial charge in [0.15, 0.2) is 0 Å². The number of hydrogen-bond acceptors (Lipinski definition) is 5. The summed E-state index contributed by atoms with van der Waals surface area (Å²) in [5, 5.41) is 6.62. The first-order valence-electron chi connectivity index (χ1n) is 9.55. The molecular formula is C21H19BrF2N4O2. The molecule has 156 valence electrons. The SMILES string of the molecule is O=C(Nc1ccc(Br)cc1F)C1CCN(Cc2nc(-c3ccc(F)cc3)no2)CC1. The number of halogens is 3. The Morgan fingerprint density at radius 3 is 2.60 bits per heavy atom. The van der Waals surface area contributed by atoms with Gasteiger partial charge in [0.05, 0.1) is 12.2 Å². The van der Waals surface area contributed by atoms with Gasteiger partial charge in [-0.25, -0.2) is 8.78 Å². The highest BCUT2D eigenvalue weighted by Gasteiger charge is 2.26. The average Bonchev–Trinajstić information content (AvgIpc) is 3.19. The van der Waals surface area contributed by atoms with Crippen molar-refractivity contribution < 1.29 is 18.1 Å². The lowest BCUT2D eigenvalue weighted by atomic mass is 9.96. The van der Waals surface area contributed by atoms with Gasteiger partial charge in [-0.2, -0.15) is 4.98 Å². The summed E-state index contributed by atoms with van der Waals surface area (Å²) >= 11 is 3.20. The van der Waals surface area contributed by atoms with Gasteiger partial charge in [-0.05, 0) is 68.4 Å². The van der Waals surface area contributed by atoms with E-state index in [1.165, 1.54) is 18.2 Å². The van der Waals surface area contributed by atoms with Crippen LogP contribution < -0.4 is 5.32 Å². The summed E-state index contributed by atoms with van der Waals surface area (Å²) < 4.78 is 32.9. The van der Waals surface area contributed by atoms with E-state index in [-0.39, 0.29) is 23.3 Å². The van der Waals surface area contributed by atoms with Gasteiger partial charge in [-0.1, -0.05) is 21.1 Å². The van der Waals surface area contributed by atoms with Crippen molar-refractivity contribution in [3.63, 3.8) is 0 Å². The molecule has 1 N–H and O–H groups in total. The monoisotopic (exact) mass is 476 g/mol. The fourth-order valence-corrected chi connectivity index (χ4v) is 3.74. The van der Waals surface area contributed by atoms with E-state index in [4.69, 9.17) is 4.52 Å². The number of rotatable bonds is 5. The largest absolute Gasteiger partial charge is 0.338 e. The Labute approximate surface area is 180 Å². The Balaban J connectivity index is 1.29. The van der Waals surface area contributed by atoms with Crippen LogP contribution in [-0.4, -0.2) is 34.0 Å². The summed E-state index contributed by atoms with van der Waals surface area (Å²) in [7, 11) is 0. The number of nitrogens with zero attached hydrogens (tertiary/aromatic N) is 3. The molecule has 0 aliphatic carbocycles. The van der Waals surface area contributed by atoms with Crippen molar-refractivity contribution in [1.29, 1.82) is 0 Å². The van der Waals surface area contributed by atoms with Gasteiger partial charge in [0, 0.05) is 16.0 Å². The number of amides is 1. The van der Waals surface area contributed by atoms with E-state index >= 15 is 0 Å². The fourth-order valence-electron chi connectivity index (χ4n) is 3.41. The zero-order valence-corrected chi connectivity index (χ0v) is 17.5. The average molecular weight is 477 g/mol. The number of anilines is 1. The maximum absolute atomic E-state index is 13.9. The zero-order chi connectivity index (χ0) is 21.1. The second-order valence-electron chi connectivity index (χ2n) is 7.18. The minimum Gasteiger partial charge on any atom is -0.338 e. The van der Waals surface area contributed by atoms with Gasteiger partial charge in [0.25, 0.3) is 0 Å². The molecule has 2 heterocycles. The third-order valence-electron chi connectivity index (χ3n) is 5.08. The standard InChI is InChI=1S/C21H19BrF2N4O2/c22-15-3-6-18(17(24)11-15)25-21(29)14-7-9-28(10-8-14)12-19-26-20(27-30-19)13-1-4-16(23)5-2-13/h1-6,11,14H,7-10,12H2,(H,25,29). The molecule has 30 heavy (non-hydrogen) atoms. The van der Waals surface area contributed by atoms with Crippen molar-refractivity contribution in [2.45, 2.75) is 19.4 Å². The third kappa shape index (κ3) is 4.91. The lowest BCUT2D eigenvalue weighted by Crippen LogP contribution is -2.37. The van der Waals surface area contributed by atoms with E-state index in [1.54, 1.807) is 24.3 Å². The molecule has 1 aliphatic rings. The summed E-state index contributed by atoms with van der Waals surface area (Å²) in [6.07, 6.45) is 1.31. The number of likely N-dealkylation sites (tertiary alicyclic amines) is 1. The van der Waals surface area contributed by atoms with Crippen LogP contribution in [0.2, 0.25) is 0 Å². The summed E-state index contributed by atoms with van der Waals surface area (Å²) in [6, 6.07) is 10.4. The third-order valence-corrected chi connectivity index (χ3v) is 5.57. The number of hydrogen-bond donors (Lipinski definition) is 1. The molecule has 0 radical (unpaired) electrons. The van der Waals surface area contributed by atoms with Crippen LogP contribution in [0, 0.1) is 17.6 Å². The van der Waals surface area contributed by atoms with E-state index in [1.807, 2.05) is 0 Å². The van der Waals surface area contributed by atoms with Crippen LogP contribution >= 0.6 is 15.9 Å².